The van der Waals surface area contributed by atoms with Crippen LogP contribution >= 0.6 is 0 Å². The van der Waals surface area contributed by atoms with Crippen LogP contribution in [0.2, 0.25) is 0 Å². The second-order valence-electron chi connectivity index (χ2n) is 5.56. The van der Waals surface area contributed by atoms with Crippen LogP contribution in [0.1, 0.15) is 11.1 Å². The predicted octanol–water partition coefficient (Wildman–Crippen LogP) is 3.76. The molecule has 2 N–H and O–H groups in total. The lowest BCUT2D eigenvalue weighted by molar-refractivity contribution is -0.137. The first kappa shape index (κ1) is 17.4. The number of nitrogens with zero attached hydrogens (tertiary/aromatic N) is 4. The van der Waals surface area contributed by atoms with E-state index in [1.54, 1.807) is 13.2 Å². The van der Waals surface area contributed by atoms with E-state index in [-0.39, 0.29) is 22.6 Å². The summed E-state index contributed by atoms with van der Waals surface area (Å²) in [4.78, 5) is 3.97. The van der Waals surface area contributed by atoms with Gasteiger partial charge in [-0.3, -0.25) is 4.68 Å². The first-order valence-electron chi connectivity index (χ1n) is 7.27. The number of alkyl halides is 3. The molecule has 0 spiro atoms. The molecule has 3 aromatic rings. The molecule has 9 heteroatoms. The smallest absolute Gasteiger partial charge is 0.383 e. The van der Waals surface area contributed by atoms with Gasteiger partial charge in [-0.25, -0.2) is 9.37 Å². The fraction of sp³-hybridized carbons (Fsp3) is 0.118. The number of nitriles is 1. The minimum absolute atomic E-state index is 0.0188. The van der Waals surface area contributed by atoms with E-state index >= 15 is 0 Å². The zero-order chi connectivity index (χ0) is 19.1. The number of rotatable bonds is 2. The molecule has 0 bridgehead atoms. The van der Waals surface area contributed by atoms with E-state index in [0.717, 1.165) is 12.1 Å². The van der Waals surface area contributed by atoms with Gasteiger partial charge in [0.05, 0.1) is 17.5 Å². The van der Waals surface area contributed by atoms with Crippen LogP contribution in [0, 0.1) is 17.1 Å². The van der Waals surface area contributed by atoms with Gasteiger partial charge >= 0.3 is 6.18 Å². The van der Waals surface area contributed by atoms with Crippen molar-refractivity contribution in [1.82, 2.24) is 14.8 Å². The molecule has 0 saturated heterocycles. The molecule has 0 saturated carbocycles. The standard InChI is InChI=1S/C17H11F4N5/c1-26-8-10(7-24-26)13-5-15(25-16(23)14(13)6-22)9-2-11(17(19,20)21)4-12(18)3-9/h2-5,7-8H,1H3,(H2,23,25). The summed E-state index contributed by atoms with van der Waals surface area (Å²) in [6.07, 6.45) is -1.61. The third kappa shape index (κ3) is 3.21. The zero-order valence-corrected chi connectivity index (χ0v) is 13.3. The van der Waals surface area contributed by atoms with Crippen molar-refractivity contribution in [3.63, 3.8) is 0 Å². The molecule has 132 valence electrons. The Balaban J connectivity index is 2.23. The fourth-order valence-corrected chi connectivity index (χ4v) is 2.52. The van der Waals surface area contributed by atoms with E-state index in [1.165, 1.54) is 16.9 Å². The van der Waals surface area contributed by atoms with Gasteiger partial charge in [0.25, 0.3) is 0 Å². The second kappa shape index (κ2) is 6.15. The van der Waals surface area contributed by atoms with Gasteiger partial charge in [-0.15, -0.1) is 0 Å². The molecule has 0 atom stereocenters. The molecular weight excluding hydrogens is 350 g/mol. The monoisotopic (exact) mass is 361 g/mol. The van der Waals surface area contributed by atoms with Crippen molar-refractivity contribution in [3.8, 4) is 28.5 Å². The molecule has 0 aliphatic carbocycles. The molecule has 0 unspecified atom stereocenters. The van der Waals surface area contributed by atoms with Crippen LogP contribution < -0.4 is 5.73 Å². The second-order valence-corrected chi connectivity index (χ2v) is 5.56. The van der Waals surface area contributed by atoms with Gasteiger partial charge < -0.3 is 5.73 Å². The number of aromatic nitrogens is 3. The molecule has 26 heavy (non-hydrogen) atoms. The summed E-state index contributed by atoms with van der Waals surface area (Å²) in [6, 6.07) is 5.42. The minimum Gasteiger partial charge on any atom is -0.383 e. The summed E-state index contributed by atoms with van der Waals surface area (Å²) in [5, 5.41) is 13.3. The van der Waals surface area contributed by atoms with Crippen molar-refractivity contribution in [1.29, 1.82) is 5.26 Å². The summed E-state index contributed by atoms with van der Waals surface area (Å²) in [5.74, 6) is -1.22. The van der Waals surface area contributed by atoms with Gasteiger partial charge in [0.15, 0.2) is 0 Å². The third-order valence-corrected chi connectivity index (χ3v) is 3.70. The normalized spacial score (nSPS) is 11.4. The Bertz CT molecular complexity index is 1030. The van der Waals surface area contributed by atoms with E-state index in [0.29, 0.717) is 17.2 Å². The Morgan fingerprint density at radius 2 is 1.88 bits per heavy atom. The molecule has 2 heterocycles. The number of hydrogen-bond donors (Lipinski definition) is 1. The lowest BCUT2D eigenvalue weighted by atomic mass is 9.99. The average Bonchev–Trinajstić information content (AvgIpc) is 2.99. The molecule has 0 fully saturated rings. The highest BCUT2D eigenvalue weighted by Crippen LogP contribution is 2.35. The number of pyridine rings is 1. The van der Waals surface area contributed by atoms with Crippen LogP contribution in [-0.4, -0.2) is 14.8 Å². The highest BCUT2D eigenvalue weighted by atomic mass is 19.4. The van der Waals surface area contributed by atoms with Crippen LogP contribution in [-0.2, 0) is 13.2 Å². The first-order valence-corrected chi connectivity index (χ1v) is 7.27. The van der Waals surface area contributed by atoms with Crippen molar-refractivity contribution >= 4 is 5.82 Å². The number of halogens is 4. The van der Waals surface area contributed by atoms with Gasteiger partial charge in [0.2, 0.25) is 0 Å². The number of anilines is 1. The van der Waals surface area contributed by atoms with Gasteiger partial charge in [0.1, 0.15) is 23.3 Å². The molecule has 0 amide bonds. The largest absolute Gasteiger partial charge is 0.416 e. The molecule has 1 aromatic carbocycles. The quantitative estimate of drug-likeness (QED) is 0.705. The van der Waals surface area contributed by atoms with Crippen molar-refractivity contribution in [3.05, 3.63) is 53.6 Å². The van der Waals surface area contributed by atoms with E-state index in [4.69, 9.17) is 5.73 Å². The van der Waals surface area contributed by atoms with Crippen molar-refractivity contribution in [2.75, 3.05) is 5.73 Å². The number of nitrogen functional groups attached to an aromatic ring is 1. The maximum absolute atomic E-state index is 13.7. The van der Waals surface area contributed by atoms with Gasteiger partial charge in [-0.1, -0.05) is 0 Å². The van der Waals surface area contributed by atoms with Crippen molar-refractivity contribution in [2.24, 2.45) is 7.05 Å². The Morgan fingerprint density at radius 1 is 1.15 bits per heavy atom. The molecule has 0 aliphatic rings. The van der Waals surface area contributed by atoms with Crippen LogP contribution in [0.5, 0.6) is 0 Å². The van der Waals surface area contributed by atoms with Crippen LogP contribution in [0.3, 0.4) is 0 Å². The maximum Gasteiger partial charge on any atom is 0.416 e. The van der Waals surface area contributed by atoms with E-state index < -0.39 is 17.6 Å². The lowest BCUT2D eigenvalue weighted by Crippen LogP contribution is -2.06. The predicted molar refractivity (Wildman–Crippen MR) is 86.0 cm³/mol. The average molecular weight is 361 g/mol. The Labute approximate surface area is 145 Å². The molecular formula is C17H11F4N5. The fourth-order valence-electron chi connectivity index (χ4n) is 2.52. The third-order valence-electron chi connectivity index (χ3n) is 3.70. The molecule has 3 rings (SSSR count). The molecule has 2 aromatic heterocycles. The van der Waals surface area contributed by atoms with Gasteiger partial charge in [0, 0.05) is 29.9 Å². The molecule has 0 aliphatic heterocycles. The Kier molecular flexibility index (Phi) is 4.12. The van der Waals surface area contributed by atoms with E-state index in [1.807, 2.05) is 6.07 Å². The van der Waals surface area contributed by atoms with Gasteiger partial charge in [-0.2, -0.15) is 23.5 Å². The number of hydrogen-bond acceptors (Lipinski definition) is 4. The van der Waals surface area contributed by atoms with E-state index in [2.05, 4.69) is 10.1 Å². The van der Waals surface area contributed by atoms with Crippen molar-refractivity contribution in [2.45, 2.75) is 6.18 Å². The number of benzene rings is 1. The molecule has 0 radical (unpaired) electrons. The molecule has 5 nitrogen and oxygen atoms in total. The van der Waals surface area contributed by atoms with Gasteiger partial charge in [-0.05, 0) is 24.3 Å². The highest BCUT2D eigenvalue weighted by Gasteiger charge is 2.31. The topological polar surface area (TPSA) is 80.5 Å². The number of nitrogens with two attached hydrogens (primary N) is 1. The van der Waals surface area contributed by atoms with Crippen LogP contribution in [0.25, 0.3) is 22.4 Å². The van der Waals surface area contributed by atoms with E-state index in [9.17, 15) is 22.8 Å². The number of aryl methyl sites for hydroxylation is 1. The minimum atomic E-state index is -4.71. The summed E-state index contributed by atoms with van der Waals surface area (Å²) < 4.78 is 54.0. The van der Waals surface area contributed by atoms with Crippen molar-refractivity contribution < 1.29 is 17.6 Å². The van der Waals surface area contributed by atoms with Crippen LogP contribution in [0.15, 0.2) is 36.7 Å². The zero-order valence-electron chi connectivity index (χ0n) is 13.3. The highest BCUT2D eigenvalue weighted by molar-refractivity contribution is 5.79. The SMILES string of the molecule is Cn1cc(-c2cc(-c3cc(F)cc(C(F)(F)F)c3)nc(N)c2C#N)cn1. The Hall–Kier alpha value is -3.41. The lowest BCUT2D eigenvalue weighted by Gasteiger charge is -2.11. The first-order chi connectivity index (χ1) is 12.2. The summed E-state index contributed by atoms with van der Waals surface area (Å²) in [7, 11) is 1.67. The summed E-state index contributed by atoms with van der Waals surface area (Å²) >= 11 is 0. The maximum atomic E-state index is 13.7. The van der Waals surface area contributed by atoms with Crippen LogP contribution in [0.4, 0.5) is 23.4 Å². The summed E-state index contributed by atoms with van der Waals surface area (Å²) in [5.41, 5.74) is 5.53. The summed E-state index contributed by atoms with van der Waals surface area (Å²) in [6.45, 7) is 0. The Morgan fingerprint density at radius 3 is 2.46 bits per heavy atom.